The zero-order chi connectivity index (χ0) is 44.6. The number of aromatic nitrogens is 5. The number of aliphatic hydroxyl groups is 2. The summed E-state index contributed by atoms with van der Waals surface area (Å²) in [6.45, 7) is 4.19. The van der Waals surface area contributed by atoms with Crippen molar-refractivity contribution in [1.82, 2.24) is 33.9 Å². The van der Waals surface area contributed by atoms with E-state index in [9.17, 15) is 34.2 Å². The second kappa shape index (κ2) is 18.8. The molecule has 19 nitrogen and oxygen atoms in total. The molecule has 0 bridgehead atoms. The number of carbonyl (C=O) groups is 1. The molecular weight excluding hydrogens is 849 g/mol. The van der Waals surface area contributed by atoms with E-state index in [-0.39, 0.29) is 32.0 Å². The molecule has 3 fully saturated rings. The number of amides is 1. The standard InChI is InChI=1S/C44H52N7O12P/c1-25-19-50(43(57)46-40(25)54)37-17-33(53)36(62-37)24-60-64(63-34-18-38(61-35(34)22-52)51-20-26(2)41(55)47-44(51)58)59-23-32-39-29(28-12-6-7-13-30(28)45-39)16-31(42(56)48-14-8-9-15-48)49(32)21-27-10-4-3-5-11-27/h3-7,10-13,19-20,31-38,45,52-53H,8-9,14-18,21-24H2,1-2H3,(H,46,54,57)(H,47,55,58)/t31-,32+,33-,34-,35+,36+,37+,38+,64?/m0/s1. The predicted octanol–water partition coefficient (Wildman–Crippen LogP) is 2.55. The van der Waals surface area contributed by atoms with E-state index in [4.69, 9.17) is 23.0 Å². The summed E-state index contributed by atoms with van der Waals surface area (Å²) < 4.78 is 34.4. The molecule has 64 heavy (non-hydrogen) atoms. The van der Waals surface area contributed by atoms with Crippen LogP contribution in [0, 0.1) is 13.8 Å². The molecule has 2 aromatic carbocycles. The molecule has 4 aliphatic heterocycles. The van der Waals surface area contributed by atoms with Crippen LogP contribution in [-0.4, -0.2) is 113 Å². The molecule has 0 saturated carbocycles. The van der Waals surface area contributed by atoms with Gasteiger partial charge in [-0.15, -0.1) is 0 Å². The Kier molecular flexibility index (Phi) is 13.0. The van der Waals surface area contributed by atoms with Crippen molar-refractivity contribution < 1.29 is 38.1 Å². The van der Waals surface area contributed by atoms with E-state index in [1.807, 2.05) is 53.4 Å². The average molecular weight is 902 g/mol. The molecule has 20 heteroatoms. The fourth-order valence-corrected chi connectivity index (χ4v) is 10.4. The van der Waals surface area contributed by atoms with Crippen LogP contribution in [0.1, 0.15) is 72.1 Å². The Balaban J connectivity index is 1.03. The van der Waals surface area contributed by atoms with E-state index in [0.29, 0.717) is 37.2 Å². The van der Waals surface area contributed by atoms with Gasteiger partial charge in [-0.2, -0.15) is 0 Å². The maximum absolute atomic E-state index is 14.6. The number of ether oxygens (including phenoxy) is 2. The number of para-hydroxylation sites is 1. The summed E-state index contributed by atoms with van der Waals surface area (Å²) in [5.41, 5.74) is 2.01. The summed E-state index contributed by atoms with van der Waals surface area (Å²) in [5.74, 6) is 0.0514. The first-order valence-corrected chi connectivity index (χ1v) is 22.7. The van der Waals surface area contributed by atoms with Crippen molar-refractivity contribution >= 4 is 25.4 Å². The molecule has 340 valence electrons. The zero-order valence-corrected chi connectivity index (χ0v) is 36.4. The van der Waals surface area contributed by atoms with Gasteiger partial charge in [0, 0.05) is 72.6 Å². The van der Waals surface area contributed by atoms with Gasteiger partial charge in [0.2, 0.25) is 5.91 Å². The summed E-state index contributed by atoms with van der Waals surface area (Å²) in [6.07, 6.45) is -0.383. The molecular formula is C44H52N7O12P. The first-order valence-electron chi connectivity index (χ1n) is 21.6. The Hall–Kier alpha value is -5.08. The topological polar surface area (TPSA) is 236 Å². The quantitative estimate of drug-likeness (QED) is 0.101. The number of carbonyl (C=O) groups excluding carboxylic acids is 1. The molecule has 3 saturated heterocycles. The summed E-state index contributed by atoms with van der Waals surface area (Å²) in [5, 5.41) is 22.7. The number of likely N-dealkylation sites (tertiary alicyclic amines) is 1. The molecule has 0 aliphatic carbocycles. The smallest absolute Gasteiger partial charge is 0.333 e. The first-order chi connectivity index (χ1) is 30.9. The van der Waals surface area contributed by atoms with Crippen LogP contribution < -0.4 is 22.5 Å². The van der Waals surface area contributed by atoms with E-state index in [2.05, 4.69) is 25.9 Å². The summed E-state index contributed by atoms with van der Waals surface area (Å²) in [4.78, 5) is 76.8. The largest absolute Gasteiger partial charge is 0.394 e. The van der Waals surface area contributed by atoms with E-state index >= 15 is 0 Å². The molecule has 4 aliphatic rings. The van der Waals surface area contributed by atoms with Crippen LogP contribution in [0.25, 0.3) is 10.9 Å². The number of hydrogen-bond donors (Lipinski definition) is 5. The molecule has 0 spiro atoms. The monoisotopic (exact) mass is 901 g/mol. The number of nitrogens with one attached hydrogen (secondary N) is 3. The normalized spacial score (nSPS) is 26.5. The highest BCUT2D eigenvalue weighted by molar-refractivity contribution is 7.41. The van der Waals surface area contributed by atoms with Crippen LogP contribution in [0.15, 0.2) is 86.2 Å². The van der Waals surface area contributed by atoms with Crippen molar-refractivity contribution in [2.45, 2.75) is 101 Å². The van der Waals surface area contributed by atoms with Gasteiger partial charge in [0.25, 0.3) is 11.1 Å². The Labute approximate surface area is 367 Å². The van der Waals surface area contributed by atoms with Crippen LogP contribution in [0.5, 0.6) is 0 Å². The van der Waals surface area contributed by atoms with Crippen molar-refractivity contribution in [2.75, 3.05) is 32.9 Å². The number of rotatable bonds is 14. The first kappa shape index (κ1) is 44.1. The third kappa shape index (κ3) is 8.96. The second-order valence-corrected chi connectivity index (χ2v) is 18.1. The average Bonchev–Trinajstić information content (AvgIpc) is 4.11. The summed E-state index contributed by atoms with van der Waals surface area (Å²) >= 11 is 0. The lowest BCUT2D eigenvalue weighted by atomic mass is 9.90. The lowest BCUT2D eigenvalue weighted by Gasteiger charge is -2.42. The van der Waals surface area contributed by atoms with E-state index in [1.54, 1.807) is 13.8 Å². The molecule has 9 atom stereocenters. The minimum absolute atomic E-state index is 0.0235. The van der Waals surface area contributed by atoms with Gasteiger partial charge in [-0.25, -0.2) is 9.59 Å². The number of hydrogen-bond acceptors (Lipinski definition) is 13. The van der Waals surface area contributed by atoms with E-state index in [1.165, 1.54) is 21.5 Å². The maximum Gasteiger partial charge on any atom is 0.333 e. The van der Waals surface area contributed by atoms with Gasteiger partial charge in [0.15, 0.2) is 0 Å². The number of nitrogens with zero attached hydrogens (tertiary/aromatic N) is 4. The fourth-order valence-electron chi connectivity index (χ4n) is 9.25. The number of H-pyrrole nitrogens is 3. The zero-order valence-electron chi connectivity index (χ0n) is 35.5. The van der Waals surface area contributed by atoms with Crippen molar-refractivity contribution in [3.8, 4) is 0 Å². The number of aryl methyl sites for hydroxylation is 2. The van der Waals surface area contributed by atoms with Crippen LogP contribution in [-0.2, 0) is 40.8 Å². The third-order valence-corrected chi connectivity index (χ3v) is 13.8. The Morgan fingerprint density at radius 3 is 2.12 bits per heavy atom. The molecule has 1 unspecified atom stereocenters. The SMILES string of the molecule is Cc1cn([C@H]2C[C@H](OP(OC[C@@H]3c4[nH]c5ccccc5c4C[C@@H](C(=O)N4CCCC4)N3Cc3ccccc3)OC[C@H]3O[C@@H](n4cc(C)c(=O)[nH]c4=O)C[C@@H]3O)[C@@H](CO)O2)c(=O)[nH]c1=O. The van der Waals surface area contributed by atoms with Crippen molar-refractivity contribution in [2.24, 2.45) is 0 Å². The summed E-state index contributed by atoms with van der Waals surface area (Å²) in [6, 6.07) is 16.9. The van der Waals surface area contributed by atoms with Crippen molar-refractivity contribution in [1.29, 1.82) is 0 Å². The van der Waals surface area contributed by atoms with Crippen LogP contribution >= 0.6 is 8.60 Å². The molecule has 5 aromatic rings. The van der Waals surface area contributed by atoms with Gasteiger partial charge >= 0.3 is 20.0 Å². The molecule has 1 amide bonds. The lowest BCUT2D eigenvalue weighted by Crippen LogP contribution is -2.53. The Morgan fingerprint density at radius 2 is 1.44 bits per heavy atom. The molecule has 7 heterocycles. The van der Waals surface area contributed by atoms with Gasteiger partial charge in [-0.05, 0) is 50.3 Å². The minimum Gasteiger partial charge on any atom is -0.394 e. The Bertz CT molecular complexity index is 2710. The minimum atomic E-state index is -2.36. The predicted molar refractivity (Wildman–Crippen MR) is 232 cm³/mol. The molecule has 9 rings (SSSR count). The van der Waals surface area contributed by atoms with Gasteiger partial charge in [0.05, 0.1) is 44.1 Å². The highest BCUT2D eigenvalue weighted by Crippen LogP contribution is 2.49. The molecule has 3 aromatic heterocycles. The maximum atomic E-state index is 14.6. The highest BCUT2D eigenvalue weighted by atomic mass is 31.2. The summed E-state index contributed by atoms with van der Waals surface area (Å²) in [7, 11) is -2.36. The number of aromatic amines is 3. The van der Waals surface area contributed by atoms with Crippen LogP contribution in [0.3, 0.4) is 0 Å². The van der Waals surface area contributed by atoms with Gasteiger partial charge < -0.3 is 43.1 Å². The van der Waals surface area contributed by atoms with E-state index < -0.39 is 86.7 Å². The van der Waals surface area contributed by atoms with Crippen molar-refractivity contribution in [3.05, 3.63) is 137 Å². The highest BCUT2D eigenvalue weighted by Gasteiger charge is 2.45. The van der Waals surface area contributed by atoms with Crippen LogP contribution in [0.2, 0.25) is 0 Å². The fraction of sp³-hybridized carbons (Fsp3) is 0.477. The second-order valence-electron chi connectivity index (χ2n) is 16.9. The number of benzene rings is 2. The van der Waals surface area contributed by atoms with E-state index in [0.717, 1.165) is 40.6 Å². The molecule has 5 N–H and O–H groups in total. The van der Waals surface area contributed by atoms with Crippen LogP contribution in [0.4, 0.5) is 0 Å². The lowest BCUT2D eigenvalue weighted by molar-refractivity contribution is -0.138. The van der Waals surface area contributed by atoms with Gasteiger partial charge in [-0.3, -0.25) is 38.4 Å². The van der Waals surface area contributed by atoms with Gasteiger partial charge in [0.1, 0.15) is 24.7 Å². The molecule has 0 radical (unpaired) electrons. The van der Waals surface area contributed by atoms with Gasteiger partial charge in [-0.1, -0.05) is 48.5 Å². The number of fused-ring (bicyclic) bond motifs is 3. The third-order valence-electron chi connectivity index (χ3n) is 12.7. The van der Waals surface area contributed by atoms with Crippen molar-refractivity contribution in [3.63, 3.8) is 0 Å². The number of aliphatic hydroxyl groups excluding tert-OH is 2. The Morgan fingerprint density at radius 1 is 0.812 bits per heavy atom.